The summed E-state index contributed by atoms with van der Waals surface area (Å²) in [5.74, 6) is -0.989. The summed E-state index contributed by atoms with van der Waals surface area (Å²) < 4.78 is 39.7. The molecule has 2 rings (SSSR count). The normalized spacial score (nSPS) is 10.9. The molecule has 0 radical (unpaired) electrons. The Morgan fingerprint density at radius 1 is 1.24 bits per heavy atom. The van der Waals surface area contributed by atoms with Crippen LogP contribution in [0.25, 0.3) is 0 Å². The first-order valence-corrected chi connectivity index (χ1v) is 7.40. The highest BCUT2D eigenvalue weighted by Gasteiger charge is 2.17. The molecule has 0 aliphatic carbocycles. The first kappa shape index (κ1) is 15.1. The summed E-state index contributed by atoms with van der Waals surface area (Å²) >= 11 is 5.68. The Morgan fingerprint density at radius 3 is 2.57 bits per heavy atom. The molecule has 8 heteroatoms. The fourth-order valence-electron chi connectivity index (χ4n) is 1.54. The van der Waals surface area contributed by atoms with Crippen LogP contribution in [0, 0.1) is 17.1 Å². The van der Waals surface area contributed by atoms with Crippen LogP contribution >= 0.6 is 11.6 Å². The molecule has 108 valence electrons. The van der Waals surface area contributed by atoms with Crippen molar-refractivity contribution in [3.05, 3.63) is 52.8 Å². The summed E-state index contributed by atoms with van der Waals surface area (Å²) in [6.07, 6.45) is 0. The molecule has 0 atom stereocenters. The second-order valence-electron chi connectivity index (χ2n) is 4.03. The molecule has 2 N–H and O–H groups in total. The van der Waals surface area contributed by atoms with Gasteiger partial charge < -0.3 is 5.11 Å². The third-order valence-electron chi connectivity index (χ3n) is 2.57. The second kappa shape index (κ2) is 5.60. The topological polar surface area (TPSA) is 90.2 Å². The van der Waals surface area contributed by atoms with Gasteiger partial charge in [0, 0.05) is 0 Å². The Bertz CT molecular complexity index is 847. The van der Waals surface area contributed by atoms with E-state index in [0.717, 1.165) is 18.2 Å². The Hall–Kier alpha value is -2.30. The predicted octanol–water partition coefficient (Wildman–Crippen LogP) is 2.86. The van der Waals surface area contributed by atoms with Gasteiger partial charge in [-0.15, -0.1) is 0 Å². The Kier molecular flexibility index (Phi) is 4.02. The van der Waals surface area contributed by atoms with Crippen molar-refractivity contribution in [2.45, 2.75) is 4.90 Å². The number of anilines is 1. The van der Waals surface area contributed by atoms with E-state index >= 15 is 0 Å². The van der Waals surface area contributed by atoms with Crippen molar-refractivity contribution in [2.24, 2.45) is 0 Å². The van der Waals surface area contributed by atoms with Crippen molar-refractivity contribution in [1.29, 1.82) is 5.26 Å². The largest absolute Gasteiger partial charge is 0.506 e. The molecule has 0 aliphatic heterocycles. The number of benzene rings is 2. The van der Waals surface area contributed by atoms with Gasteiger partial charge in [0.25, 0.3) is 10.0 Å². The first-order valence-electron chi connectivity index (χ1n) is 5.54. The Morgan fingerprint density at radius 2 is 1.95 bits per heavy atom. The monoisotopic (exact) mass is 326 g/mol. The molecule has 0 bridgehead atoms. The van der Waals surface area contributed by atoms with Crippen molar-refractivity contribution in [2.75, 3.05) is 4.72 Å². The minimum atomic E-state index is -4.00. The van der Waals surface area contributed by atoms with E-state index in [1.807, 2.05) is 0 Å². The smallest absolute Gasteiger partial charge is 0.261 e. The molecule has 0 aliphatic rings. The molecule has 21 heavy (non-hydrogen) atoms. The van der Waals surface area contributed by atoms with Crippen LogP contribution in [0.5, 0.6) is 5.75 Å². The summed E-state index contributed by atoms with van der Waals surface area (Å²) in [6.45, 7) is 0. The number of halogens is 2. The maximum Gasteiger partial charge on any atom is 0.261 e. The van der Waals surface area contributed by atoms with E-state index in [1.165, 1.54) is 18.2 Å². The number of hydrogen-bond donors (Lipinski definition) is 2. The lowest BCUT2D eigenvalue weighted by Crippen LogP contribution is -2.13. The van der Waals surface area contributed by atoms with Gasteiger partial charge in [-0.1, -0.05) is 11.6 Å². The fraction of sp³-hybridized carbons (Fsp3) is 0. The molecule has 0 saturated heterocycles. The van der Waals surface area contributed by atoms with Gasteiger partial charge in [0.05, 0.1) is 21.2 Å². The van der Waals surface area contributed by atoms with E-state index in [9.17, 15) is 17.9 Å². The number of nitrogens with zero attached hydrogens (tertiary/aromatic N) is 1. The van der Waals surface area contributed by atoms with Crippen molar-refractivity contribution >= 4 is 27.3 Å². The van der Waals surface area contributed by atoms with Crippen LogP contribution in [0.3, 0.4) is 0 Å². The van der Waals surface area contributed by atoms with Crippen molar-refractivity contribution in [1.82, 2.24) is 0 Å². The van der Waals surface area contributed by atoms with Crippen LogP contribution in [0.15, 0.2) is 41.3 Å². The van der Waals surface area contributed by atoms with Gasteiger partial charge in [0.1, 0.15) is 17.6 Å². The fourth-order valence-corrected chi connectivity index (χ4v) is 2.80. The number of phenols is 1. The van der Waals surface area contributed by atoms with Gasteiger partial charge in [-0.25, -0.2) is 12.8 Å². The van der Waals surface area contributed by atoms with Crippen LogP contribution in [0.4, 0.5) is 10.1 Å². The van der Waals surface area contributed by atoms with E-state index < -0.39 is 15.8 Å². The summed E-state index contributed by atoms with van der Waals surface area (Å²) in [5.41, 5.74) is -0.248. The molecule has 0 unspecified atom stereocenters. The minimum Gasteiger partial charge on any atom is -0.506 e. The highest BCUT2D eigenvalue weighted by molar-refractivity contribution is 7.92. The summed E-state index contributed by atoms with van der Waals surface area (Å²) in [7, 11) is -4.00. The second-order valence-corrected chi connectivity index (χ2v) is 6.11. The first-order chi connectivity index (χ1) is 9.83. The van der Waals surface area contributed by atoms with Crippen LogP contribution in [-0.4, -0.2) is 13.5 Å². The van der Waals surface area contributed by atoms with E-state index in [0.29, 0.717) is 0 Å². The Balaban J connectivity index is 2.38. The maximum absolute atomic E-state index is 13.2. The molecular formula is C13H8ClFN2O3S. The van der Waals surface area contributed by atoms with Crippen molar-refractivity contribution in [3.8, 4) is 11.8 Å². The zero-order valence-electron chi connectivity index (χ0n) is 10.3. The van der Waals surface area contributed by atoms with Crippen LogP contribution in [0.1, 0.15) is 5.56 Å². The minimum absolute atomic E-state index is 0.0213. The standard InChI is InChI=1S/C13H8ClFN2O3S/c14-11-6-9(1-4-13(11)18)17-21(19,20)10-2-3-12(15)8(5-10)7-16/h1-6,17-18H. The number of phenolic OH excluding ortho intramolecular Hbond substituents is 1. The lowest BCUT2D eigenvalue weighted by molar-refractivity contribution is 0.475. The summed E-state index contributed by atoms with van der Waals surface area (Å²) in [6, 6.07) is 8.21. The lowest BCUT2D eigenvalue weighted by atomic mass is 10.2. The number of rotatable bonds is 3. The Labute approximate surface area is 125 Å². The number of nitrogens with one attached hydrogen (secondary N) is 1. The number of hydrogen-bond acceptors (Lipinski definition) is 4. The highest BCUT2D eigenvalue weighted by atomic mass is 35.5. The van der Waals surface area contributed by atoms with E-state index in [4.69, 9.17) is 16.9 Å². The van der Waals surface area contributed by atoms with E-state index in [-0.39, 0.29) is 26.9 Å². The van der Waals surface area contributed by atoms with Crippen LogP contribution < -0.4 is 4.72 Å². The third kappa shape index (κ3) is 3.24. The molecule has 2 aromatic rings. The maximum atomic E-state index is 13.2. The van der Waals surface area contributed by atoms with Gasteiger partial charge in [-0.2, -0.15) is 5.26 Å². The molecule has 0 heterocycles. The molecule has 0 amide bonds. The molecule has 0 spiro atoms. The van der Waals surface area contributed by atoms with Crippen molar-refractivity contribution < 1.29 is 17.9 Å². The van der Waals surface area contributed by atoms with Crippen LogP contribution in [0.2, 0.25) is 5.02 Å². The SMILES string of the molecule is N#Cc1cc(S(=O)(=O)Nc2ccc(O)c(Cl)c2)ccc1F. The molecular weight excluding hydrogens is 319 g/mol. The van der Waals surface area contributed by atoms with Gasteiger partial charge in [0.2, 0.25) is 0 Å². The van der Waals surface area contributed by atoms with Crippen LogP contribution in [-0.2, 0) is 10.0 Å². The number of sulfonamides is 1. The lowest BCUT2D eigenvalue weighted by Gasteiger charge is -2.09. The quantitative estimate of drug-likeness (QED) is 0.849. The average molecular weight is 327 g/mol. The highest BCUT2D eigenvalue weighted by Crippen LogP contribution is 2.27. The van der Waals surface area contributed by atoms with E-state index in [1.54, 1.807) is 6.07 Å². The van der Waals surface area contributed by atoms with E-state index in [2.05, 4.69) is 4.72 Å². The molecule has 2 aromatic carbocycles. The third-order valence-corrected chi connectivity index (χ3v) is 4.25. The van der Waals surface area contributed by atoms with Gasteiger partial charge >= 0.3 is 0 Å². The number of nitriles is 1. The zero-order chi connectivity index (χ0) is 15.6. The average Bonchev–Trinajstić information content (AvgIpc) is 2.43. The van der Waals surface area contributed by atoms with Gasteiger partial charge in [0.15, 0.2) is 0 Å². The van der Waals surface area contributed by atoms with Crippen molar-refractivity contribution in [3.63, 3.8) is 0 Å². The van der Waals surface area contributed by atoms with Gasteiger partial charge in [-0.3, -0.25) is 4.72 Å². The predicted molar refractivity (Wildman–Crippen MR) is 75.0 cm³/mol. The molecule has 5 nitrogen and oxygen atoms in total. The summed E-state index contributed by atoms with van der Waals surface area (Å²) in [5, 5.41) is 18.0. The molecule has 0 fully saturated rings. The molecule has 0 saturated carbocycles. The van der Waals surface area contributed by atoms with Gasteiger partial charge in [-0.05, 0) is 36.4 Å². The summed E-state index contributed by atoms with van der Waals surface area (Å²) in [4.78, 5) is -0.260. The zero-order valence-corrected chi connectivity index (χ0v) is 11.9. The number of aromatic hydroxyl groups is 1. The molecule has 0 aromatic heterocycles.